The van der Waals surface area contributed by atoms with Crippen LogP contribution in [-0.2, 0) is 14.4 Å². The van der Waals surface area contributed by atoms with E-state index in [1.165, 1.54) is 20.3 Å². The van der Waals surface area contributed by atoms with Crippen LogP contribution in [0.4, 0.5) is 0 Å². The van der Waals surface area contributed by atoms with Crippen molar-refractivity contribution in [2.24, 2.45) is 11.5 Å². The van der Waals surface area contributed by atoms with Gasteiger partial charge in [-0.15, -0.1) is 0 Å². The molecule has 0 fully saturated rings. The van der Waals surface area contributed by atoms with Gasteiger partial charge in [-0.1, -0.05) is 27.2 Å². The van der Waals surface area contributed by atoms with Gasteiger partial charge in [-0.25, -0.2) is 0 Å². The van der Waals surface area contributed by atoms with Crippen molar-refractivity contribution >= 4 is 28.7 Å². The van der Waals surface area contributed by atoms with Crippen molar-refractivity contribution in [1.82, 2.24) is 0 Å². The summed E-state index contributed by atoms with van der Waals surface area (Å²) in [5.74, 6) is -1.17. The molecule has 0 radical (unpaired) electrons. The zero-order valence-corrected chi connectivity index (χ0v) is 12.9. The van der Waals surface area contributed by atoms with Crippen LogP contribution in [0.3, 0.4) is 0 Å². The highest BCUT2D eigenvalue weighted by Gasteiger charge is 1.67. The van der Waals surface area contributed by atoms with Crippen LogP contribution >= 0.6 is 11.6 Å². The first-order valence-electron chi connectivity index (χ1n) is 5.34. The summed E-state index contributed by atoms with van der Waals surface area (Å²) in [4.78, 5) is 27.4. The maximum absolute atomic E-state index is 9.22. The molecule has 0 aliphatic heterocycles. The van der Waals surface area contributed by atoms with Crippen LogP contribution in [0, 0.1) is 0 Å². The number of aliphatic carboxylic acids is 1. The fourth-order valence-electron chi connectivity index (χ4n) is 0. The van der Waals surface area contributed by atoms with Gasteiger partial charge in [0.15, 0.2) is 0 Å². The molecule has 0 aliphatic rings. The molecule has 6 nitrogen and oxygen atoms in total. The minimum absolute atomic E-state index is 0.333. The van der Waals surface area contributed by atoms with E-state index >= 15 is 0 Å². The fourth-order valence-corrected chi connectivity index (χ4v) is 0. The number of nitrogens with two attached hydrogens (primary N) is 2. The number of carboxylic acids is 1. The Bertz CT molecular complexity index is 145. The van der Waals surface area contributed by atoms with Gasteiger partial charge in [0.2, 0.25) is 11.1 Å². The summed E-state index contributed by atoms with van der Waals surface area (Å²) >= 11 is 4.64. The van der Waals surface area contributed by atoms with Gasteiger partial charge >= 0.3 is 0 Å². The summed E-state index contributed by atoms with van der Waals surface area (Å²) in [6, 6.07) is 0. The van der Waals surface area contributed by atoms with Gasteiger partial charge in [0.05, 0.1) is 0 Å². The Labute approximate surface area is 115 Å². The molecule has 0 atom stereocenters. The van der Waals surface area contributed by atoms with E-state index < -0.39 is 5.97 Å². The van der Waals surface area contributed by atoms with E-state index in [0.29, 0.717) is 0 Å². The lowest BCUT2D eigenvalue weighted by molar-refractivity contribution is -0.134. The quantitative estimate of drug-likeness (QED) is 0.585. The highest BCUT2D eigenvalue weighted by molar-refractivity contribution is 6.62. The van der Waals surface area contributed by atoms with Crippen LogP contribution in [0.15, 0.2) is 0 Å². The fraction of sp³-hybridized carbons (Fsp3) is 0.727. The Morgan fingerprint density at radius 1 is 1.06 bits per heavy atom. The number of carboxylic acid groups (broad SMARTS) is 1. The number of hydrogen-bond donors (Lipinski definition) is 3. The number of primary amides is 1. The van der Waals surface area contributed by atoms with Crippen LogP contribution in [-0.4, -0.2) is 28.8 Å². The van der Waals surface area contributed by atoms with Crippen molar-refractivity contribution in [2.45, 2.75) is 48.0 Å². The molecule has 0 rings (SSSR count). The Balaban J connectivity index is -0.0000000394. The molecular weight excluding hydrogens is 260 g/mol. The van der Waals surface area contributed by atoms with E-state index in [1.54, 1.807) is 0 Å². The molecular formula is C11H27ClN2O4. The second kappa shape index (κ2) is 36.0. The molecule has 0 aromatic carbocycles. The van der Waals surface area contributed by atoms with Gasteiger partial charge in [0.1, 0.15) is 0 Å². The van der Waals surface area contributed by atoms with Crippen molar-refractivity contribution in [2.75, 3.05) is 6.54 Å². The first-order chi connectivity index (χ1) is 8.02. The summed E-state index contributed by atoms with van der Waals surface area (Å²) in [6.07, 6.45) is 1.25. The number of carbonyl (C=O) groups is 3. The maximum Gasteiger partial charge on any atom is 0.300 e. The Morgan fingerprint density at radius 2 is 1.06 bits per heavy atom. The lowest BCUT2D eigenvalue weighted by Crippen LogP contribution is -2.01. The molecule has 0 aromatic rings. The topological polar surface area (TPSA) is 123 Å². The van der Waals surface area contributed by atoms with Gasteiger partial charge in [-0.3, -0.25) is 14.4 Å². The van der Waals surface area contributed by atoms with Crippen LogP contribution in [0.25, 0.3) is 0 Å². The average molecular weight is 287 g/mol. The van der Waals surface area contributed by atoms with E-state index in [9.17, 15) is 9.59 Å². The lowest BCUT2D eigenvalue weighted by Gasteiger charge is -1.60. The molecule has 0 bridgehead atoms. The molecule has 0 heterocycles. The van der Waals surface area contributed by atoms with E-state index in [4.69, 9.17) is 15.6 Å². The Hall–Kier alpha value is -1.14. The van der Waals surface area contributed by atoms with Crippen LogP contribution in [0.2, 0.25) is 0 Å². The molecule has 5 N–H and O–H groups in total. The standard InChI is InChI=1S/C3H8.C2H3ClO.C2H5NO.C2H7N.C2H4O2/c1-3-2;2*1-2(3)4;1-2-3;1-2(3)4/h3H2,1-2H3;1H3;1H3,(H2,3,4);2-3H2,1H3;1H3,(H,3,4). The summed E-state index contributed by atoms with van der Waals surface area (Å²) in [6.45, 7) is 10.6. The van der Waals surface area contributed by atoms with Crippen molar-refractivity contribution in [1.29, 1.82) is 0 Å². The maximum atomic E-state index is 9.22. The molecule has 1 amide bonds. The van der Waals surface area contributed by atoms with Crippen molar-refractivity contribution in [3.8, 4) is 0 Å². The van der Waals surface area contributed by atoms with E-state index in [0.717, 1.165) is 13.5 Å². The summed E-state index contributed by atoms with van der Waals surface area (Å²) < 4.78 is 0. The molecule has 0 spiro atoms. The molecule has 7 heteroatoms. The summed E-state index contributed by atoms with van der Waals surface area (Å²) in [5, 5.41) is 7.06. The molecule has 0 saturated carbocycles. The highest BCUT2D eigenvalue weighted by Crippen LogP contribution is 1.67. The molecule has 0 unspecified atom stereocenters. The highest BCUT2D eigenvalue weighted by atomic mass is 35.5. The third kappa shape index (κ3) is 2200. The zero-order chi connectivity index (χ0) is 16.1. The average Bonchev–Trinajstić information content (AvgIpc) is 2.00. The SMILES string of the molecule is CC(=O)Cl.CC(=O)O.CC(N)=O.CCC.CCN. The number of carbonyl (C=O) groups excluding carboxylic acids is 2. The van der Waals surface area contributed by atoms with Crippen molar-refractivity contribution < 1.29 is 19.5 Å². The van der Waals surface area contributed by atoms with Crippen molar-refractivity contribution in [3.63, 3.8) is 0 Å². The van der Waals surface area contributed by atoms with Crippen LogP contribution < -0.4 is 11.5 Å². The van der Waals surface area contributed by atoms with Gasteiger partial charge in [0.25, 0.3) is 5.97 Å². The monoisotopic (exact) mass is 286 g/mol. The van der Waals surface area contributed by atoms with Gasteiger partial charge in [-0.05, 0) is 18.1 Å². The number of halogens is 1. The summed E-state index contributed by atoms with van der Waals surface area (Å²) in [5.41, 5.74) is 9.32. The smallest absolute Gasteiger partial charge is 0.300 e. The Kier molecular flexibility index (Phi) is 60.3. The Morgan fingerprint density at radius 3 is 1.06 bits per heavy atom. The number of hydrogen-bond acceptors (Lipinski definition) is 4. The largest absolute Gasteiger partial charge is 0.481 e. The van der Waals surface area contributed by atoms with E-state index in [1.807, 2.05) is 6.92 Å². The minimum atomic E-state index is -0.833. The van der Waals surface area contributed by atoms with Crippen molar-refractivity contribution in [3.05, 3.63) is 0 Å². The molecule has 0 saturated heterocycles. The van der Waals surface area contributed by atoms with E-state index in [-0.39, 0.29) is 11.1 Å². The van der Waals surface area contributed by atoms with Gasteiger partial charge in [-0.2, -0.15) is 0 Å². The van der Waals surface area contributed by atoms with Crippen LogP contribution in [0.5, 0.6) is 0 Å². The van der Waals surface area contributed by atoms with Crippen LogP contribution in [0.1, 0.15) is 48.0 Å². The third-order valence-electron chi connectivity index (χ3n) is 0. The zero-order valence-electron chi connectivity index (χ0n) is 12.1. The molecule has 0 aliphatic carbocycles. The first kappa shape index (κ1) is 30.2. The predicted octanol–water partition coefficient (Wildman–Crippen LogP) is 1.74. The number of rotatable bonds is 0. The molecule has 0 aromatic heterocycles. The van der Waals surface area contributed by atoms with E-state index in [2.05, 4.69) is 31.2 Å². The second-order valence-corrected chi connectivity index (χ2v) is 3.25. The molecule has 112 valence electrons. The minimum Gasteiger partial charge on any atom is -0.481 e. The van der Waals surface area contributed by atoms with Gasteiger partial charge < -0.3 is 16.6 Å². The van der Waals surface area contributed by atoms with Gasteiger partial charge in [0, 0.05) is 20.8 Å². The molecule has 18 heavy (non-hydrogen) atoms. The predicted molar refractivity (Wildman–Crippen MR) is 75.4 cm³/mol. The third-order valence-corrected chi connectivity index (χ3v) is 0. The normalized spacial score (nSPS) is 6.22. The summed E-state index contributed by atoms with van der Waals surface area (Å²) in [7, 11) is 0. The second-order valence-electron chi connectivity index (χ2n) is 2.72. The first-order valence-corrected chi connectivity index (χ1v) is 5.72. The lowest BCUT2D eigenvalue weighted by atomic mass is 10.6. The number of amides is 1.